The first-order valence-electron chi connectivity index (χ1n) is 13.0. The molecule has 4 rings (SSSR count). The van der Waals surface area contributed by atoms with Crippen LogP contribution in [-0.2, 0) is 22.7 Å². The number of aryl methyl sites for hydroxylation is 1. The lowest BCUT2D eigenvalue weighted by Crippen LogP contribution is -2.13. The fourth-order valence-electron chi connectivity index (χ4n) is 4.82. The molecule has 0 saturated carbocycles. The zero-order chi connectivity index (χ0) is 24.6. The summed E-state index contributed by atoms with van der Waals surface area (Å²) in [7, 11) is 0. The van der Waals surface area contributed by atoms with E-state index in [9.17, 15) is 4.79 Å². The van der Waals surface area contributed by atoms with E-state index in [2.05, 4.69) is 41.8 Å². The lowest BCUT2D eigenvalue weighted by molar-refractivity contribution is -0.146. The number of esters is 1. The molecule has 0 aliphatic carbocycles. The van der Waals surface area contributed by atoms with Gasteiger partial charge in [-0.25, -0.2) is 0 Å². The Morgan fingerprint density at radius 2 is 1.60 bits per heavy atom. The predicted molar refractivity (Wildman–Crippen MR) is 147 cm³/mol. The number of aromatic nitrogens is 1. The maximum absolute atomic E-state index is 12.8. The number of unbranched alkanes of at least 4 members (excludes halogenated alkanes) is 6. The van der Waals surface area contributed by atoms with Crippen LogP contribution < -0.4 is 0 Å². The molecule has 0 aliphatic heterocycles. The van der Waals surface area contributed by atoms with Crippen molar-refractivity contribution in [3.05, 3.63) is 82.9 Å². The molecule has 4 heteroatoms. The van der Waals surface area contributed by atoms with Crippen molar-refractivity contribution in [3.8, 4) is 0 Å². The monoisotopic (exact) mass is 489 g/mol. The average Bonchev–Trinajstić information content (AvgIpc) is 3.18. The molecule has 0 amide bonds. The van der Waals surface area contributed by atoms with Crippen molar-refractivity contribution in [1.82, 2.24) is 4.57 Å². The first-order valence-corrected chi connectivity index (χ1v) is 13.4. The zero-order valence-electron chi connectivity index (χ0n) is 20.9. The highest BCUT2D eigenvalue weighted by atomic mass is 35.5. The molecule has 1 heterocycles. The van der Waals surface area contributed by atoms with Gasteiger partial charge >= 0.3 is 5.97 Å². The fourth-order valence-corrected chi connectivity index (χ4v) is 4.99. The van der Waals surface area contributed by atoms with Gasteiger partial charge in [0.05, 0.1) is 5.92 Å². The van der Waals surface area contributed by atoms with Crippen molar-refractivity contribution in [2.75, 3.05) is 0 Å². The molecule has 184 valence electrons. The number of ether oxygens (including phenoxy) is 1. The van der Waals surface area contributed by atoms with Crippen molar-refractivity contribution in [2.45, 2.75) is 77.9 Å². The number of carbonyl (C=O) groups excluding carboxylic acids is 1. The Hall–Kier alpha value is -2.78. The minimum Gasteiger partial charge on any atom is -0.460 e. The Labute approximate surface area is 214 Å². The Morgan fingerprint density at radius 1 is 0.857 bits per heavy atom. The van der Waals surface area contributed by atoms with Crippen molar-refractivity contribution >= 4 is 39.4 Å². The second kappa shape index (κ2) is 12.3. The topological polar surface area (TPSA) is 31.2 Å². The summed E-state index contributed by atoms with van der Waals surface area (Å²) in [4.78, 5) is 12.8. The summed E-state index contributed by atoms with van der Waals surface area (Å²) in [5.74, 6) is -0.539. The van der Waals surface area contributed by atoms with E-state index in [1.54, 1.807) is 0 Å². The molecule has 1 unspecified atom stereocenters. The van der Waals surface area contributed by atoms with Crippen LogP contribution in [0.4, 0.5) is 0 Å². The first kappa shape index (κ1) is 25.3. The lowest BCUT2D eigenvalue weighted by atomic mass is 9.99. The number of hydrogen-bond acceptors (Lipinski definition) is 2. The van der Waals surface area contributed by atoms with Crippen LogP contribution in [0.3, 0.4) is 0 Å². The number of nitrogens with zero attached hydrogens (tertiary/aromatic N) is 1. The Balaban J connectivity index is 1.53. The van der Waals surface area contributed by atoms with E-state index in [1.165, 1.54) is 54.8 Å². The third kappa shape index (κ3) is 6.27. The normalized spacial score (nSPS) is 12.3. The molecule has 3 nitrogen and oxygen atoms in total. The van der Waals surface area contributed by atoms with Crippen LogP contribution in [0.25, 0.3) is 21.8 Å². The number of rotatable bonds is 12. The summed E-state index contributed by atoms with van der Waals surface area (Å²) >= 11 is 6.35. The van der Waals surface area contributed by atoms with E-state index in [0.29, 0.717) is 6.61 Å². The van der Waals surface area contributed by atoms with Gasteiger partial charge in [0.25, 0.3) is 0 Å². The molecule has 0 aliphatic rings. The molecular weight excluding hydrogens is 454 g/mol. The minimum atomic E-state index is -0.336. The summed E-state index contributed by atoms with van der Waals surface area (Å²) in [6.45, 7) is 5.44. The van der Waals surface area contributed by atoms with Crippen LogP contribution in [0.15, 0.2) is 66.7 Å². The molecule has 0 spiro atoms. The third-order valence-electron chi connectivity index (χ3n) is 6.91. The molecule has 4 aromatic rings. The van der Waals surface area contributed by atoms with Gasteiger partial charge < -0.3 is 9.30 Å². The molecule has 1 atom stereocenters. The van der Waals surface area contributed by atoms with Gasteiger partial charge in [-0.3, -0.25) is 4.79 Å². The summed E-state index contributed by atoms with van der Waals surface area (Å²) < 4.78 is 8.02. The summed E-state index contributed by atoms with van der Waals surface area (Å²) in [6.07, 6.45) is 8.95. The SMILES string of the molecule is CCCCCCCCCn1c2ccc(Cl)cc2c2ccc(C(C)C(=O)OCc3ccccc3)cc21. The first-order chi connectivity index (χ1) is 17.1. The number of carbonyl (C=O) groups is 1. The molecule has 0 fully saturated rings. The van der Waals surface area contributed by atoms with Gasteiger partial charge in [0.1, 0.15) is 6.61 Å². The highest BCUT2D eigenvalue weighted by Gasteiger charge is 2.19. The fraction of sp³-hybridized carbons (Fsp3) is 0.387. The van der Waals surface area contributed by atoms with E-state index in [4.69, 9.17) is 16.3 Å². The molecule has 0 bridgehead atoms. The Morgan fingerprint density at radius 3 is 2.37 bits per heavy atom. The highest BCUT2D eigenvalue weighted by molar-refractivity contribution is 6.31. The van der Waals surface area contributed by atoms with Gasteiger partial charge in [-0.2, -0.15) is 0 Å². The molecule has 3 aromatic carbocycles. The van der Waals surface area contributed by atoms with Gasteiger partial charge in [0.2, 0.25) is 0 Å². The van der Waals surface area contributed by atoms with Crippen LogP contribution in [-0.4, -0.2) is 10.5 Å². The average molecular weight is 490 g/mol. The van der Waals surface area contributed by atoms with Crippen molar-refractivity contribution < 1.29 is 9.53 Å². The standard InChI is InChI=1S/C31H36ClNO2/c1-3-4-5-6-7-8-12-19-33-29-18-16-26(32)21-28(29)27-17-15-25(20-30(27)33)23(2)31(34)35-22-24-13-10-9-11-14-24/h9-11,13-18,20-21,23H,3-8,12,19,22H2,1-2H3. The van der Waals surface area contributed by atoms with Gasteiger partial charge in [0, 0.05) is 33.4 Å². The third-order valence-corrected chi connectivity index (χ3v) is 7.15. The summed E-state index contributed by atoms with van der Waals surface area (Å²) in [5.41, 5.74) is 4.33. The van der Waals surface area contributed by atoms with Crippen molar-refractivity contribution in [1.29, 1.82) is 0 Å². The lowest BCUT2D eigenvalue weighted by Gasteiger charge is -2.13. The number of benzene rings is 3. The van der Waals surface area contributed by atoms with Crippen molar-refractivity contribution in [2.24, 2.45) is 0 Å². The van der Waals surface area contributed by atoms with E-state index in [-0.39, 0.29) is 11.9 Å². The quantitative estimate of drug-likeness (QED) is 0.147. The smallest absolute Gasteiger partial charge is 0.313 e. The van der Waals surface area contributed by atoms with Gasteiger partial charge in [-0.1, -0.05) is 99.5 Å². The second-order valence-electron chi connectivity index (χ2n) is 9.53. The van der Waals surface area contributed by atoms with Gasteiger partial charge in [-0.05, 0) is 48.7 Å². The minimum absolute atomic E-state index is 0.203. The van der Waals surface area contributed by atoms with E-state index in [0.717, 1.165) is 34.6 Å². The molecule has 35 heavy (non-hydrogen) atoms. The van der Waals surface area contributed by atoms with Crippen LogP contribution in [0, 0.1) is 0 Å². The maximum Gasteiger partial charge on any atom is 0.313 e. The van der Waals surface area contributed by atoms with E-state index >= 15 is 0 Å². The largest absolute Gasteiger partial charge is 0.460 e. The second-order valence-corrected chi connectivity index (χ2v) is 9.96. The van der Waals surface area contributed by atoms with E-state index < -0.39 is 0 Å². The van der Waals surface area contributed by atoms with Crippen LogP contribution in [0.1, 0.15) is 75.8 Å². The summed E-state index contributed by atoms with van der Waals surface area (Å²) in [5, 5.41) is 3.09. The molecule has 1 aromatic heterocycles. The summed E-state index contributed by atoms with van der Waals surface area (Å²) in [6, 6.07) is 22.3. The predicted octanol–water partition coefficient (Wildman–Crippen LogP) is 9.05. The Kier molecular flexibility index (Phi) is 8.87. The maximum atomic E-state index is 12.8. The number of hydrogen-bond donors (Lipinski definition) is 0. The van der Waals surface area contributed by atoms with Gasteiger partial charge in [0.15, 0.2) is 0 Å². The zero-order valence-corrected chi connectivity index (χ0v) is 21.7. The number of fused-ring (bicyclic) bond motifs is 3. The van der Waals surface area contributed by atoms with Crippen molar-refractivity contribution in [3.63, 3.8) is 0 Å². The molecule has 0 radical (unpaired) electrons. The molecular formula is C31H36ClNO2. The Bertz CT molecular complexity index is 1260. The van der Waals surface area contributed by atoms with Crippen LogP contribution in [0.5, 0.6) is 0 Å². The van der Waals surface area contributed by atoms with Gasteiger partial charge in [-0.15, -0.1) is 0 Å². The van der Waals surface area contributed by atoms with Crippen LogP contribution >= 0.6 is 11.6 Å². The highest BCUT2D eigenvalue weighted by Crippen LogP contribution is 2.33. The molecule has 0 N–H and O–H groups in total. The van der Waals surface area contributed by atoms with Crippen LogP contribution in [0.2, 0.25) is 5.02 Å². The van der Waals surface area contributed by atoms with E-state index in [1.807, 2.05) is 43.3 Å². The number of halogens is 1. The molecule has 0 saturated heterocycles.